The molecule has 0 bridgehead atoms. The molecule has 1 N–H and O–H groups in total. The largest absolute Gasteiger partial charge is 0.481 e. The van der Waals surface area contributed by atoms with E-state index in [1.165, 1.54) is 18.2 Å². The fraction of sp³-hybridized carbons (Fsp3) is 0.143. The first-order valence-electron chi connectivity index (χ1n) is 5.89. The van der Waals surface area contributed by atoms with Crippen molar-refractivity contribution < 1.29 is 13.9 Å². The van der Waals surface area contributed by atoms with Crippen LogP contribution in [-0.2, 0) is 4.79 Å². The number of carbonyl (C=O) groups is 1. The molecule has 4 nitrogen and oxygen atoms in total. The van der Waals surface area contributed by atoms with Gasteiger partial charge in [0.2, 0.25) is 0 Å². The smallest absolute Gasteiger partial charge is 0.266 e. The Morgan fingerprint density at radius 2 is 2.20 bits per heavy atom. The zero-order valence-electron chi connectivity index (χ0n) is 10.6. The van der Waals surface area contributed by atoms with E-state index >= 15 is 0 Å². The van der Waals surface area contributed by atoms with Gasteiger partial charge in [-0.05, 0) is 47.1 Å². The van der Waals surface area contributed by atoms with Gasteiger partial charge in [-0.1, -0.05) is 6.07 Å². The summed E-state index contributed by atoms with van der Waals surface area (Å²) in [6.45, 7) is 1.58. The first-order chi connectivity index (χ1) is 9.54. The van der Waals surface area contributed by atoms with Gasteiger partial charge < -0.3 is 10.1 Å². The maximum absolute atomic E-state index is 13.0. The number of anilines is 1. The minimum absolute atomic E-state index is 0.302. The molecule has 2 aromatic rings. The number of pyridine rings is 1. The molecule has 1 atom stereocenters. The highest BCUT2D eigenvalue weighted by molar-refractivity contribution is 9.10. The molecule has 1 aromatic heterocycles. The molecule has 0 saturated heterocycles. The zero-order valence-corrected chi connectivity index (χ0v) is 12.2. The molecule has 0 aliphatic rings. The average molecular weight is 339 g/mol. The second-order valence-corrected chi connectivity index (χ2v) is 4.98. The lowest BCUT2D eigenvalue weighted by Crippen LogP contribution is -2.30. The molecule has 0 spiro atoms. The summed E-state index contributed by atoms with van der Waals surface area (Å²) in [7, 11) is 0. The molecule has 1 heterocycles. The van der Waals surface area contributed by atoms with Crippen molar-refractivity contribution in [2.24, 2.45) is 0 Å². The quantitative estimate of drug-likeness (QED) is 0.929. The summed E-state index contributed by atoms with van der Waals surface area (Å²) >= 11 is 3.26. The lowest BCUT2D eigenvalue weighted by molar-refractivity contribution is -0.122. The van der Waals surface area contributed by atoms with Crippen molar-refractivity contribution in [3.63, 3.8) is 0 Å². The minimum atomic E-state index is -0.762. The van der Waals surface area contributed by atoms with E-state index in [0.29, 0.717) is 11.6 Å². The van der Waals surface area contributed by atoms with Crippen LogP contribution in [0.1, 0.15) is 6.92 Å². The SMILES string of the molecule is CC(Oc1cccc(F)c1)C(=O)Nc1ccc(Br)cn1. The van der Waals surface area contributed by atoms with Crippen molar-refractivity contribution in [3.8, 4) is 5.75 Å². The van der Waals surface area contributed by atoms with Crippen LogP contribution in [0.25, 0.3) is 0 Å². The lowest BCUT2D eigenvalue weighted by Gasteiger charge is -2.14. The molecule has 6 heteroatoms. The highest BCUT2D eigenvalue weighted by atomic mass is 79.9. The molecule has 1 amide bonds. The summed E-state index contributed by atoms with van der Waals surface area (Å²) in [5, 5.41) is 2.61. The summed E-state index contributed by atoms with van der Waals surface area (Å²) in [4.78, 5) is 15.9. The molecule has 0 saturated carbocycles. The van der Waals surface area contributed by atoms with Crippen molar-refractivity contribution >= 4 is 27.7 Å². The number of amides is 1. The molecule has 0 radical (unpaired) electrons. The van der Waals surface area contributed by atoms with Crippen LogP contribution in [0.3, 0.4) is 0 Å². The van der Waals surface area contributed by atoms with Crippen LogP contribution in [-0.4, -0.2) is 17.0 Å². The summed E-state index contributed by atoms with van der Waals surface area (Å²) in [5.41, 5.74) is 0. The van der Waals surface area contributed by atoms with E-state index in [9.17, 15) is 9.18 Å². The standard InChI is InChI=1S/C14H12BrFN2O2/c1-9(20-12-4-2-3-11(16)7-12)14(19)18-13-6-5-10(15)8-17-13/h2-9H,1H3,(H,17,18,19). The van der Waals surface area contributed by atoms with Crippen molar-refractivity contribution in [3.05, 3.63) is 52.9 Å². The van der Waals surface area contributed by atoms with Gasteiger partial charge in [0.25, 0.3) is 5.91 Å². The summed E-state index contributed by atoms with van der Waals surface area (Å²) < 4.78 is 19.2. The Hall–Kier alpha value is -1.95. The van der Waals surface area contributed by atoms with Gasteiger partial charge in [-0.15, -0.1) is 0 Å². The number of rotatable bonds is 4. The monoisotopic (exact) mass is 338 g/mol. The number of aromatic nitrogens is 1. The van der Waals surface area contributed by atoms with Crippen molar-refractivity contribution in [1.29, 1.82) is 0 Å². The Balaban J connectivity index is 1.96. The van der Waals surface area contributed by atoms with Crippen molar-refractivity contribution in [2.75, 3.05) is 5.32 Å². The van der Waals surface area contributed by atoms with Crippen LogP contribution in [0.5, 0.6) is 5.75 Å². The number of hydrogen-bond acceptors (Lipinski definition) is 3. The number of benzene rings is 1. The van der Waals surface area contributed by atoms with Gasteiger partial charge in [0.05, 0.1) is 0 Å². The molecule has 2 rings (SSSR count). The molecular formula is C14H12BrFN2O2. The second kappa shape index (κ2) is 6.47. The number of carbonyl (C=O) groups excluding carboxylic acids is 1. The summed E-state index contributed by atoms with van der Waals surface area (Å²) in [6.07, 6.45) is 0.815. The van der Waals surface area contributed by atoms with Crippen LogP contribution in [0, 0.1) is 5.82 Å². The third-order valence-corrected chi connectivity index (χ3v) is 2.93. The molecule has 1 unspecified atom stereocenters. The van der Waals surface area contributed by atoms with E-state index in [-0.39, 0.29) is 5.91 Å². The van der Waals surface area contributed by atoms with Crippen LogP contribution >= 0.6 is 15.9 Å². The van der Waals surface area contributed by atoms with E-state index in [1.54, 1.807) is 31.3 Å². The maximum Gasteiger partial charge on any atom is 0.266 e. The number of nitrogens with one attached hydrogen (secondary N) is 1. The lowest BCUT2D eigenvalue weighted by atomic mass is 10.3. The van der Waals surface area contributed by atoms with E-state index in [2.05, 4.69) is 26.2 Å². The van der Waals surface area contributed by atoms with Gasteiger partial charge in [0.15, 0.2) is 6.10 Å². The van der Waals surface area contributed by atoms with Gasteiger partial charge in [0, 0.05) is 16.7 Å². The second-order valence-electron chi connectivity index (χ2n) is 4.07. The number of nitrogens with zero attached hydrogens (tertiary/aromatic N) is 1. The normalized spacial score (nSPS) is 11.8. The van der Waals surface area contributed by atoms with Gasteiger partial charge in [0.1, 0.15) is 17.4 Å². The molecule has 0 fully saturated rings. The first-order valence-corrected chi connectivity index (χ1v) is 6.68. The highest BCUT2D eigenvalue weighted by Crippen LogP contribution is 2.15. The predicted octanol–water partition coefficient (Wildman–Crippen LogP) is 3.39. The van der Waals surface area contributed by atoms with E-state index < -0.39 is 11.9 Å². The Bertz CT molecular complexity index is 604. The van der Waals surface area contributed by atoms with Gasteiger partial charge in [-0.25, -0.2) is 9.37 Å². The van der Waals surface area contributed by atoms with E-state index in [1.807, 2.05) is 0 Å². The number of ether oxygens (including phenoxy) is 1. The number of hydrogen-bond donors (Lipinski definition) is 1. The van der Waals surface area contributed by atoms with Crippen LogP contribution < -0.4 is 10.1 Å². The minimum Gasteiger partial charge on any atom is -0.481 e. The predicted molar refractivity (Wildman–Crippen MR) is 77.1 cm³/mol. The Morgan fingerprint density at radius 1 is 1.40 bits per heavy atom. The van der Waals surface area contributed by atoms with Gasteiger partial charge >= 0.3 is 0 Å². The fourth-order valence-corrected chi connectivity index (χ4v) is 1.71. The van der Waals surface area contributed by atoms with Crippen LogP contribution in [0.15, 0.2) is 47.1 Å². The zero-order chi connectivity index (χ0) is 14.5. The molecular weight excluding hydrogens is 327 g/mol. The summed E-state index contributed by atoms with van der Waals surface area (Å²) in [5.74, 6) is -0.0434. The van der Waals surface area contributed by atoms with Gasteiger partial charge in [-0.2, -0.15) is 0 Å². The molecule has 0 aliphatic carbocycles. The van der Waals surface area contributed by atoms with Gasteiger partial charge in [-0.3, -0.25) is 4.79 Å². The molecule has 104 valence electrons. The first kappa shape index (κ1) is 14.5. The Labute approximate surface area is 124 Å². The van der Waals surface area contributed by atoms with Crippen molar-refractivity contribution in [2.45, 2.75) is 13.0 Å². The third kappa shape index (κ3) is 4.03. The van der Waals surface area contributed by atoms with Crippen LogP contribution in [0.2, 0.25) is 0 Å². The molecule has 1 aromatic carbocycles. The Morgan fingerprint density at radius 3 is 2.85 bits per heavy atom. The van der Waals surface area contributed by atoms with E-state index in [4.69, 9.17) is 4.74 Å². The topological polar surface area (TPSA) is 51.2 Å². The Kier molecular flexibility index (Phi) is 4.68. The molecule has 20 heavy (non-hydrogen) atoms. The maximum atomic E-state index is 13.0. The van der Waals surface area contributed by atoms with E-state index in [0.717, 1.165) is 4.47 Å². The van der Waals surface area contributed by atoms with Crippen LogP contribution in [0.4, 0.5) is 10.2 Å². The number of halogens is 2. The molecule has 0 aliphatic heterocycles. The summed E-state index contributed by atoms with van der Waals surface area (Å²) in [6, 6.07) is 9.07. The highest BCUT2D eigenvalue weighted by Gasteiger charge is 2.15. The fourth-order valence-electron chi connectivity index (χ4n) is 1.48. The third-order valence-electron chi connectivity index (χ3n) is 2.46. The van der Waals surface area contributed by atoms with Crippen molar-refractivity contribution in [1.82, 2.24) is 4.98 Å². The average Bonchev–Trinajstić information content (AvgIpc) is 2.41.